The van der Waals surface area contributed by atoms with E-state index in [2.05, 4.69) is 19.7 Å². The molecule has 0 bridgehead atoms. The lowest BCUT2D eigenvalue weighted by molar-refractivity contribution is 0.0220. The third-order valence-corrected chi connectivity index (χ3v) is 6.69. The van der Waals surface area contributed by atoms with Gasteiger partial charge in [0.25, 0.3) is 0 Å². The van der Waals surface area contributed by atoms with Crippen LogP contribution in [0.1, 0.15) is 44.5 Å². The Balaban J connectivity index is 1.52. The molecule has 0 saturated carbocycles. The number of anilines is 1. The number of fused-ring (bicyclic) bond motifs is 1. The van der Waals surface area contributed by atoms with E-state index in [9.17, 15) is 9.59 Å². The van der Waals surface area contributed by atoms with Crippen LogP contribution in [0.25, 0.3) is 4.85 Å². The summed E-state index contributed by atoms with van der Waals surface area (Å²) in [5.41, 5.74) is 1.90. The van der Waals surface area contributed by atoms with Crippen LogP contribution in [-0.4, -0.2) is 75.8 Å². The summed E-state index contributed by atoms with van der Waals surface area (Å²) in [6.07, 6.45) is -0.294. The lowest BCUT2D eigenvalue weighted by Crippen LogP contribution is -2.60. The molecule has 10 nitrogen and oxygen atoms in total. The highest BCUT2D eigenvalue weighted by Crippen LogP contribution is 2.32. The maximum absolute atomic E-state index is 13.0. The van der Waals surface area contributed by atoms with Gasteiger partial charge in [0.1, 0.15) is 24.1 Å². The van der Waals surface area contributed by atoms with Gasteiger partial charge in [-0.15, -0.1) is 0 Å². The van der Waals surface area contributed by atoms with Gasteiger partial charge in [-0.2, -0.15) is 0 Å². The maximum atomic E-state index is 13.0. The first-order valence-corrected chi connectivity index (χ1v) is 13.0. The lowest BCUT2D eigenvalue weighted by Gasteiger charge is -2.44. The van der Waals surface area contributed by atoms with E-state index in [1.165, 1.54) is 0 Å². The van der Waals surface area contributed by atoms with Crippen LogP contribution in [-0.2, 0) is 29.0 Å². The normalized spacial score (nSPS) is 19.4. The molecule has 2 aromatic rings. The van der Waals surface area contributed by atoms with Crippen molar-refractivity contribution in [1.29, 1.82) is 0 Å². The smallest absolute Gasteiger partial charge is 0.410 e. The van der Waals surface area contributed by atoms with Crippen LogP contribution in [0.5, 0.6) is 0 Å². The molecule has 2 aliphatic heterocycles. The number of ether oxygens (including phenoxy) is 2. The van der Waals surface area contributed by atoms with Crippen LogP contribution in [0.4, 0.5) is 15.4 Å². The van der Waals surface area contributed by atoms with Crippen LogP contribution >= 0.6 is 11.6 Å². The van der Waals surface area contributed by atoms with Gasteiger partial charge >= 0.3 is 12.2 Å². The molecule has 0 aliphatic carbocycles. The van der Waals surface area contributed by atoms with E-state index >= 15 is 0 Å². The molecule has 1 fully saturated rings. The summed E-state index contributed by atoms with van der Waals surface area (Å²) in [5, 5.41) is 0.0865. The van der Waals surface area contributed by atoms with Gasteiger partial charge in [-0.1, -0.05) is 30.3 Å². The van der Waals surface area contributed by atoms with Gasteiger partial charge in [-0.05, 0) is 51.3 Å². The van der Waals surface area contributed by atoms with Crippen molar-refractivity contribution < 1.29 is 19.1 Å². The van der Waals surface area contributed by atoms with Crippen LogP contribution in [0.15, 0.2) is 30.3 Å². The molecule has 2 atom stereocenters. The fraction of sp³-hybridized carbons (Fsp3) is 0.519. The second kappa shape index (κ2) is 11.4. The van der Waals surface area contributed by atoms with Gasteiger partial charge in [0, 0.05) is 31.2 Å². The zero-order valence-corrected chi connectivity index (χ0v) is 22.9. The highest BCUT2D eigenvalue weighted by Gasteiger charge is 2.39. The quantitative estimate of drug-likeness (QED) is 0.414. The number of halogens is 1. The summed E-state index contributed by atoms with van der Waals surface area (Å²) in [6.45, 7) is 16.8. The number of amides is 2. The minimum Gasteiger partial charge on any atom is -0.445 e. The predicted octanol–water partition coefficient (Wildman–Crippen LogP) is 4.56. The third kappa shape index (κ3) is 6.45. The molecule has 0 spiro atoms. The standard InChI is InChI=1S/C27H33ClN6O4/c1-18-14-34(26(36)37-17-19-9-7-6-8-10-19)20(13-29-5)15-33(18)23-21-11-12-32(25(35)38-27(2,3)4)16-22(21)30-24(28)31-23/h6-10,18,20H,11-17H2,1-4H3/t18-,20-/m0/s1. The Morgan fingerprint density at radius 3 is 2.58 bits per heavy atom. The third-order valence-electron chi connectivity index (χ3n) is 6.52. The molecule has 3 heterocycles. The molecular weight excluding hydrogens is 508 g/mol. The number of hydrogen-bond donors (Lipinski definition) is 0. The number of benzene rings is 1. The van der Waals surface area contributed by atoms with Crippen molar-refractivity contribution in [3.63, 3.8) is 0 Å². The Morgan fingerprint density at radius 1 is 1.16 bits per heavy atom. The van der Waals surface area contributed by atoms with Crippen molar-refractivity contribution in [2.24, 2.45) is 0 Å². The maximum Gasteiger partial charge on any atom is 0.410 e. The van der Waals surface area contributed by atoms with E-state index < -0.39 is 17.8 Å². The van der Waals surface area contributed by atoms with E-state index in [-0.39, 0.29) is 37.1 Å². The molecule has 11 heteroatoms. The fourth-order valence-corrected chi connectivity index (χ4v) is 4.90. The largest absolute Gasteiger partial charge is 0.445 e. The molecule has 1 saturated heterocycles. The minimum atomic E-state index is -0.596. The van der Waals surface area contributed by atoms with E-state index in [0.29, 0.717) is 37.6 Å². The van der Waals surface area contributed by atoms with Gasteiger partial charge < -0.3 is 24.1 Å². The molecule has 1 aromatic carbocycles. The second-order valence-corrected chi connectivity index (χ2v) is 10.9. The van der Waals surface area contributed by atoms with Gasteiger partial charge in [0.15, 0.2) is 0 Å². The lowest BCUT2D eigenvalue weighted by atomic mass is 10.0. The molecule has 0 unspecified atom stereocenters. The highest BCUT2D eigenvalue weighted by molar-refractivity contribution is 6.28. The Labute approximate surface area is 228 Å². The molecule has 0 radical (unpaired) electrons. The summed E-state index contributed by atoms with van der Waals surface area (Å²) < 4.78 is 11.1. The number of hydrogen-bond acceptors (Lipinski definition) is 7. The first-order valence-electron chi connectivity index (χ1n) is 12.7. The number of carbonyl (C=O) groups is 2. The predicted molar refractivity (Wildman–Crippen MR) is 143 cm³/mol. The summed E-state index contributed by atoms with van der Waals surface area (Å²) in [5.74, 6) is 0.684. The fourth-order valence-electron chi connectivity index (χ4n) is 4.72. The number of nitrogens with zero attached hydrogens (tertiary/aromatic N) is 6. The second-order valence-electron chi connectivity index (χ2n) is 10.6. The Hall–Kier alpha value is -3.58. The van der Waals surface area contributed by atoms with Crippen LogP contribution in [0.3, 0.4) is 0 Å². The molecule has 2 aliphatic rings. The molecule has 2 amide bonds. The molecular formula is C27H33ClN6O4. The van der Waals surface area contributed by atoms with Crippen LogP contribution < -0.4 is 4.90 Å². The average molecular weight is 541 g/mol. The Morgan fingerprint density at radius 2 is 1.89 bits per heavy atom. The van der Waals surface area contributed by atoms with Gasteiger partial charge in [0.2, 0.25) is 11.8 Å². The summed E-state index contributed by atoms with van der Waals surface area (Å²) in [6, 6.07) is 9.01. The number of carbonyl (C=O) groups excluding carboxylic acids is 2. The van der Waals surface area contributed by atoms with Crippen molar-refractivity contribution in [1.82, 2.24) is 19.8 Å². The highest BCUT2D eigenvalue weighted by atomic mass is 35.5. The number of piperazine rings is 1. The molecule has 38 heavy (non-hydrogen) atoms. The molecule has 1 aromatic heterocycles. The Kier molecular flexibility index (Phi) is 8.26. The molecule has 0 N–H and O–H groups in total. The summed E-state index contributed by atoms with van der Waals surface area (Å²) in [4.78, 5) is 43.6. The minimum absolute atomic E-state index is 0.0865. The van der Waals surface area contributed by atoms with Crippen molar-refractivity contribution in [2.75, 3.05) is 31.1 Å². The van der Waals surface area contributed by atoms with Crippen molar-refractivity contribution in [3.05, 3.63) is 63.9 Å². The summed E-state index contributed by atoms with van der Waals surface area (Å²) in [7, 11) is 0. The van der Waals surface area contributed by atoms with E-state index in [1.807, 2.05) is 58.0 Å². The topological polar surface area (TPSA) is 92.5 Å². The first-order chi connectivity index (χ1) is 18.1. The van der Waals surface area contributed by atoms with E-state index in [0.717, 1.165) is 11.1 Å². The van der Waals surface area contributed by atoms with Crippen molar-refractivity contribution in [2.45, 2.75) is 65.0 Å². The number of aromatic nitrogens is 2. The van der Waals surface area contributed by atoms with Gasteiger partial charge in [0.05, 0.1) is 12.2 Å². The van der Waals surface area contributed by atoms with Gasteiger partial charge in [-0.25, -0.2) is 26.1 Å². The van der Waals surface area contributed by atoms with Crippen LogP contribution in [0.2, 0.25) is 5.28 Å². The molecule has 202 valence electrons. The van der Waals surface area contributed by atoms with E-state index in [4.69, 9.17) is 27.6 Å². The van der Waals surface area contributed by atoms with Gasteiger partial charge in [-0.3, -0.25) is 4.90 Å². The van der Waals surface area contributed by atoms with Crippen molar-refractivity contribution in [3.8, 4) is 0 Å². The first kappa shape index (κ1) is 27.5. The van der Waals surface area contributed by atoms with Crippen LogP contribution in [0, 0.1) is 6.57 Å². The monoisotopic (exact) mass is 540 g/mol. The SMILES string of the molecule is [C-]#[N+]C[C@H]1CN(c2nc(Cl)nc3c2CCN(C(=O)OC(C)(C)C)C3)[C@@H](C)CN1C(=O)OCc1ccccc1. The number of rotatable bonds is 4. The zero-order valence-electron chi connectivity index (χ0n) is 22.2. The Bertz CT molecular complexity index is 1210. The van der Waals surface area contributed by atoms with Crippen molar-refractivity contribution >= 4 is 29.6 Å². The summed E-state index contributed by atoms with van der Waals surface area (Å²) >= 11 is 6.34. The average Bonchev–Trinajstić information content (AvgIpc) is 2.87. The zero-order chi connectivity index (χ0) is 27.4. The molecule has 4 rings (SSSR count). The van der Waals surface area contributed by atoms with E-state index in [1.54, 1.807) is 9.80 Å².